The van der Waals surface area contributed by atoms with E-state index in [0.717, 1.165) is 17.7 Å². The van der Waals surface area contributed by atoms with Gasteiger partial charge in [-0.2, -0.15) is 0 Å². The van der Waals surface area contributed by atoms with E-state index in [0.29, 0.717) is 5.69 Å². The molecule has 0 fully saturated rings. The van der Waals surface area contributed by atoms with Gasteiger partial charge >= 0.3 is 0 Å². The Labute approximate surface area is 122 Å². The van der Waals surface area contributed by atoms with Gasteiger partial charge in [-0.15, -0.1) is 0 Å². The van der Waals surface area contributed by atoms with Crippen LogP contribution in [-0.2, 0) is 10.0 Å². The standard InChI is InChI=1S/C14H15FN2O3S/c1-9-5-11(16)8-12(6-9)21(18,19)17-13-4-3-10(15)7-14(13)20-2/h3-8,17H,16H2,1-2H3. The van der Waals surface area contributed by atoms with Crippen molar-refractivity contribution in [1.29, 1.82) is 0 Å². The SMILES string of the molecule is COc1cc(F)ccc1NS(=O)(=O)c1cc(C)cc(N)c1. The van der Waals surface area contributed by atoms with Crippen molar-refractivity contribution >= 4 is 21.4 Å². The smallest absolute Gasteiger partial charge is 0.262 e. The van der Waals surface area contributed by atoms with Gasteiger partial charge in [-0.05, 0) is 42.8 Å². The molecule has 0 radical (unpaired) electrons. The van der Waals surface area contributed by atoms with E-state index in [1.165, 1.54) is 25.3 Å². The van der Waals surface area contributed by atoms with E-state index in [2.05, 4.69) is 4.72 Å². The van der Waals surface area contributed by atoms with E-state index in [1.54, 1.807) is 13.0 Å². The first-order valence-corrected chi connectivity index (χ1v) is 7.53. The number of halogens is 1. The van der Waals surface area contributed by atoms with Crippen LogP contribution in [0.4, 0.5) is 15.8 Å². The van der Waals surface area contributed by atoms with Gasteiger partial charge in [-0.3, -0.25) is 4.72 Å². The summed E-state index contributed by atoms with van der Waals surface area (Å²) in [6, 6.07) is 8.05. The minimum absolute atomic E-state index is 0.0337. The van der Waals surface area contributed by atoms with Crippen LogP contribution in [0.2, 0.25) is 0 Å². The van der Waals surface area contributed by atoms with Gasteiger partial charge in [-0.25, -0.2) is 12.8 Å². The Kier molecular flexibility index (Phi) is 4.04. The Morgan fingerprint density at radius 1 is 1.19 bits per heavy atom. The molecule has 5 nitrogen and oxygen atoms in total. The second-order valence-corrected chi connectivity index (χ2v) is 6.21. The van der Waals surface area contributed by atoms with Crippen LogP contribution in [0, 0.1) is 12.7 Å². The molecule has 0 atom stereocenters. The molecular formula is C14H15FN2O3S. The maximum Gasteiger partial charge on any atom is 0.262 e. The Bertz CT molecular complexity index is 756. The first-order chi connectivity index (χ1) is 9.81. The summed E-state index contributed by atoms with van der Waals surface area (Å²) in [5.74, 6) is -0.422. The molecule has 21 heavy (non-hydrogen) atoms. The third kappa shape index (κ3) is 3.43. The van der Waals surface area contributed by atoms with Gasteiger partial charge in [0.25, 0.3) is 10.0 Å². The van der Waals surface area contributed by atoms with E-state index in [9.17, 15) is 12.8 Å². The van der Waals surface area contributed by atoms with Crippen LogP contribution in [0.3, 0.4) is 0 Å². The average molecular weight is 310 g/mol. The topological polar surface area (TPSA) is 81.4 Å². The molecule has 0 unspecified atom stereocenters. The number of ether oxygens (including phenoxy) is 1. The molecule has 0 amide bonds. The summed E-state index contributed by atoms with van der Waals surface area (Å²) in [5, 5.41) is 0. The number of sulfonamides is 1. The van der Waals surface area contributed by atoms with Crippen molar-refractivity contribution in [2.45, 2.75) is 11.8 Å². The van der Waals surface area contributed by atoms with Crippen LogP contribution >= 0.6 is 0 Å². The van der Waals surface area contributed by atoms with Gasteiger partial charge in [0.2, 0.25) is 0 Å². The van der Waals surface area contributed by atoms with E-state index in [-0.39, 0.29) is 16.3 Å². The summed E-state index contributed by atoms with van der Waals surface area (Å²) in [6.07, 6.45) is 0. The summed E-state index contributed by atoms with van der Waals surface area (Å²) >= 11 is 0. The third-order valence-corrected chi connectivity index (χ3v) is 4.14. The molecular weight excluding hydrogens is 295 g/mol. The van der Waals surface area contributed by atoms with Crippen molar-refractivity contribution in [2.24, 2.45) is 0 Å². The summed E-state index contributed by atoms with van der Waals surface area (Å²) in [7, 11) is -2.51. The fraction of sp³-hybridized carbons (Fsp3) is 0.143. The van der Waals surface area contributed by atoms with Crippen molar-refractivity contribution in [3.05, 3.63) is 47.8 Å². The zero-order valence-corrected chi connectivity index (χ0v) is 12.4. The van der Waals surface area contributed by atoms with Crippen molar-refractivity contribution in [1.82, 2.24) is 0 Å². The predicted molar refractivity (Wildman–Crippen MR) is 79.4 cm³/mol. The van der Waals surface area contributed by atoms with E-state index < -0.39 is 15.8 Å². The Hall–Kier alpha value is -2.28. The first kappa shape index (κ1) is 15.1. The molecule has 0 saturated heterocycles. The largest absolute Gasteiger partial charge is 0.494 e. The van der Waals surface area contributed by atoms with Crippen molar-refractivity contribution in [2.75, 3.05) is 17.6 Å². The van der Waals surface area contributed by atoms with Gasteiger partial charge in [0.15, 0.2) is 0 Å². The minimum Gasteiger partial charge on any atom is -0.494 e. The highest BCUT2D eigenvalue weighted by atomic mass is 32.2. The first-order valence-electron chi connectivity index (χ1n) is 6.05. The van der Waals surface area contributed by atoms with Crippen molar-refractivity contribution < 1.29 is 17.5 Å². The summed E-state index contributed by atoms with van der Waals surface area (Å²) < 4.78 is 45.1. The highest BCUT2D eigenvalue weighted by molar-refractivity contribution is 7.92. The number of anilines is 2. The van der Waals surface area contributed by atoms with Gasteiger partial charge < -0.3 is 10.5 Å². The summed E-state index contributed by atoms with van der Waals surface area (Å²) in [6.45, 7) is 1.74. The number of benzene rings is 2. The molecule has 0 aliphatic rings. The number of hydrogen-bond donors (Lipinski definition) is 2. The number of rotatable bonds is 4. The summed E-state index contributed by atoms with van der Waals surface area (Å²) in [5.41, 5.74) is 6.88. The van der Waals surface area contributed by atoms with Crippen LogP contribution in [0.5, 0.6) is 5.75 Å². The minimum atomic E-state index is -3.84. The van der Waals surface area contributed by atoms with Crippen LogP contribution in [-0.4, -0.2) is 15.5 Å². The zero-order chi connectivity index (χ0) is 15.6. The molecule has 0 heterocycles. The predicted octanol–water partition coefficient (Wildman–Crippen LogP) is 2.53. The quantitative estimate of drug-likeness (QED) is 0.850. The van der Waals surface area contributed by atoms with Gasteiger partial charge in [0.1, 0.15) is 11.6 Å². The molecule has 0 aliphatic carbocycles. The maximum absolute atomic E-state index is 13.1. The number of methoxy groups -OCH3 is 1. The van der Waals surface area contributed by atoms with E-state index in [4.69, 9.17) is 10.5 Å². The lowest BCUT2D eigenvalue weighted by molar-refractivity contribution is 0.413. The number of aryl methyl sites for hydroxylation is 1. The Morgan fingerprint density at radius 2 is 1.90 bits per heavy atom. The van der Waals surface area contributed by atoms with Crippen molar-refractivity contribution in [3.8, 4) is 5.75 Å². The molecule has 0 aliphatic heterocycles. The van der Waals surface area contributed by atoms with E-state index >= 15 is 0 Å². The molecule has 2 rings (SSSR count). The third-order valence-electron chi connectivity index (χ3n) is 2.79. The highest BCUT2D eigenvalue weighted by Gasteiger charge is 2.17. The van der Waals surface area contributed by atoms with Gasteiger partial charge in [0, 0.05) is 11.8 Å². The average Bonchev–Trinajstić information content (AvgIpc) is 2.39. The van der Waals surface area contributed by atoms with Crippen LogP contribution in [0.25, 0.3) is 0 Å². The Balaban J connectivity index is 2.42. The van der Waals surface area contributed by atoms with Gasteiger partial charge in [0.05, 0.1) is 17.7 Å². The molecule has 0 bridgehead atoms. The lowest BCUT2D eigenvalue weighted by Crippen LogP contribution is -2.14. The van der Waals surface area contributed by atoms with E-state index in [1.807, 2.05) is 0 Å². The second kappa shape index (κ2) is 5.61. The molecule has 3 N–H and O–H groups in total. The lowest BCUT2D eigenvalue weighted by atomic mass is 10.2. The maximum atomic E-state index is 13.1. The fourth-order valence-corrected chi connectivity index (χ4v) is 3.09. The van der Waals surface area contributed by atoms with Crippen molar-refractivity contribution in [3.63, 3.8) is 0 Å². The normalized spacial score (nSPS) is 11.2. The summed E-state index contributed by atoms with van der Waals surface area (Å²) in [4.78, 5) is 0.0337. The lowest BCUT2D eigenvalue weighted by Gasteiger charge is -2.12. The van der Waals surface area contributed by atoms with Crippen LogP contribution in [0.1, 0.15) is 5.56 Å². The molecule has 0 aromatic heterocycles. The molecule has 7 heteroatoms. The van der Waals surface area contributed by atoms with Crippen LogP contribution < -0.4 is 15.2 Å². The second-order valence-electron chi connectivity index (χ2n) is 4.53. The number of hydrogen-bond acceptors (Lipinski definition) is 4. The Morgan fingerprint density at radius 3 is 2.52 bits per heavy atom. The molecule has 2 aromatic rings. The zero-order valence-electron chi connectivity index (χ0n) is 11.6. The fourth-order valence-electron chi connectivity index (χ4n) is 1.88. The molecule has 0 spiro atoms. The van der Waals surface area contributed by atoms with Crippen LogP contribution in [0.15, 0.2) is 41.3 Å². The van der Waals surface area contributed by atoms with Gasteiger partial charge in [-0.1, -0.05) is 0 Å². The molecule has 112 valence electrons. The number of nitrogen functional groups attached to an aromatic ring is 1. The highest BCUT2D eigenvalue weighted by Crippen LogP contribution is 2.28. The molecule has 0 saturated carbocycles. The monoisotopic (exact) mass is 310 g/mol. The number of nitrogens with one attached hydrogen (secondary N) is 1. The molecule has 2 aromatic carbocycles. The number of nitrogens with two attached hydrogens (primary N) is 1.